The molecular weight excluding hydrogens is 296 g/mol. The number of hydrogen-bond donors (Lipinski definition) is 1. The third-order valence-corrected chi connectivity index (χ3v) is 5.88. The molecular formula is C17H24N2O2S. The lowest BCUT2D eigenvalue weighted by Crippen LogP contribution is -2.41. The van der Waals surface area contributed by atoms with Gasteiger partial charge in [-0.3, -0.25) is 4.90 Å². The first-order valence-corrected chi connectivity index (χ1v) is 8.80. The minimum absolute atomic E-state index is 0.154. The van der Waals surface area contributed by atoms with Crippen molar-refractivity contribution in [2.24, 2.45) is 5.41 Å². The number of furan rings is 1. The summed E-state index contributed by atoms with van der Waals surface area (Å²) in [5.74, 6) is 1.78. The molecule has 5 heteroatoms. The second-order valence-electron chi connectivity index (χ2n) is 6.33. The number of likely N-dealkylation sites (tertiary alicyclic amines) is 1. The van der Waals surface area contributed by atoms with E-state index in [9.17, 15) is 5.11 Å². The molecule has 3 heterocycles. The van der Waals surface area contributed by atoms with Crippen LogP contribution in [0.5, 0.6) is 0 Å². The monoisotopic (exact) mass is 320 g/mol. The van der Waals surface area contributed by atoms with Crippen LogP contribution >= 0.6 is 11.3 Å². The molecule has 0 unspecified atom stereocenters. The van der Waals surface area contributed by atoms with Crippen LogP contribution < -0.4 is 0 Å². The van der Waals surface area contributed by atoms with E-state index in [4.69, 9.17) is 4.42 Å². The van der Waals surface area contributed by atoms with Crippen molar-refractivity contribution in [3.63, 3.8) is 0 Å². The summed E-state index contributed by atoms with van der Waals surface area (Å²) in [6, 6.07) is 3.95. The molecule has 2 aromatic rings. The molecule has 1 aliphatic rings. The Balaban J connectivity index is 1.60. The zero-order valence-electron chi connectivity index (χ0n) is 13.3. The van der Waals surface area contributed by atoms with Gasteiger partial charge in [0.1, 0.15) is 5.76 Å². The molecule has 0 saturated carbocycles. The first kappa shape index (κ1) is 15.7. The minimum Gasteiger partial charge on any atom is -0.459 e. The van der Waals surface area contributed by atoms with E-state index in [0.717, 1.165) is 55.4 Å². The number of thiazole rings is 1. The molecule has 120 valence electrons. The van der Waals surface area contributed by atoms with E-state index in [2.05, 4.69) is 16.8 Å². The molecule has 1 aliphatic heterocycles. The molecule has 0 bridgehead atoms. The molecule has 3 rings (SSSR count). The van der Waals surface area contributed by atoms with Crippen LogP contribution in [0.15, 0.2) is 22.7 Å². The third kappa shape index (κ3) is 3.26. The van der Waals surface area contributed by atoms with Gasteiger partial charge in [0.25, 0.3) is 0 Å². The Morgan fingerprint density at radius 3 is 2.73 bits per heavy atom. The summed E-state index contributed by atoms with van der Waals surface area (Å²) in [5, 5.41) is 10.6. The molecule has 0 radical (unpaired) electrons. The molecule has 0 amide bonds. The van der Waals surface area contributed by atoms with E-state index < -0.39 is 0 Å². The summed E-state index contributed by atoms with van der Waals surface area (Å²) >= 11 is 1.71. The van der Waals surface area contributed by atoms with Gasteiger partial charge in [0.2, 0.25) is 0 Å². The molecule has 1 saturated heterocycles. The zero-order valence-corrected chi connectivity index (χ0v) is 14.2. The predicted octanol–water partition coefficient (Wildman–Crippen LogP) is 3.70. The Bertz CT molecular complexity index is 606. The van der Waals surface area contributed by atoms with E-state index in [-0.39, 0.29) is 5.41 Å². The van der Waals surface area contributed by atoms with Crippen molar-refractivity contribution in [2.75, 3.05) is 19.7 Å². The van der Waals surface area contributed by atoms with Crippen LogP contribution in [0.1, 0.15) is 36.8 Å². The van der Waals surface area contributed by atoms with Crippen LogP contribution in [0.3, 0.4) is 0 Å². The van der Waals surface area contributed by atoms with Crippen LogP contribution in [0, 0.1) is 12.3 Å². The van der Waals surface area contributed by atoms with Crippen molar-refractivity contribution in [1.29, 1.82) is 0 Å². The van der Waals surface area contributed by atoms with E-state index in [0.29, 0.717) is 6.61 Å². The number of piperidine rings is 1. The van der Waals surface area contributed by atoms with Gasteiger partial charge in [-0.25, -0.2) is 4.98 Å². The number of aliphatic hydroxyl groups is 1. The van der Waals surface area contributed by atoms with E-state index in [1.807, 2.05) is 25.3 Å². The van der Waals surface area contributed by atoms with Gasteiger partial charge in [0.05, 0.1) is 0 Å². The number of aliphatic hydroxyl groups excluding tert-OH is 1. The summed E-state index contributed by atoms with van der Waals surface area (Å²) in [5.41, 5.74) is 0.154. The van der Waals surface area contributed by atoms with Gasteiger partial charge >= 0.3 is 0 Å². The van der Waals surface area contributed by atoms with Gasteiger partial charge in [-0.2, -0.15) is 0 Å². The highest BCUT2D eigenvalue weighted by Gasteiger charge is 2.32. The minimum atomic E-state index is 0.154. The van der Waals surface area contributed by atoms with Crippen LogP contribution in [0.4, 0.5) is 0 Å². The Labute approximate surface area is 135 Å². The van der Waals surface area contributed by atoms with Gasteiger partial charge in [0, 0.05) is 24.2 Å². The smallest absolute Gasteiger partial charge is 0.162 e. The van der Waals surface area contributed by atoms with Crippen LogP contribution in [-0.2, 0) is 6.54 Å². The maximum absolute atomic E-state index is 9.61. The Kier molecular flexibility index (Phi) is 4.66. The fraction of sp³-hybridized carbons (Fsp3) is 0.588. The average Bonchev–Trinajstić information content (AvgIpc) is 3.17. The Hall–Kier alpha value is -1.17. The molecule has 4 nitrogen and oxygen atoms in total. The van der Waals surface area contributed by atoms with E-state index >= 15 is 0 Å². The molecule has 22 heavy (non-hydrogen) atoms. The molecule has 0 aliphatic carbocycles. The number of rotatable bonds is 5. The lowest BCUT2D eigenvalue weighted by atomic mass is 9.77. The summed E-state index contributed by atoms with van der Waals surface area (Å²) in [6.45, 7) is 7.52. The maximum atomic E-state index is 9.61. The molecule has 0 atom stereocenters. The summed E-state index contributed by atoms with van der Waals surface area (Å²) < 4.78 is 5.64. The lowest BCUT2D eigenvalue weighted by molar-refractivity contribution is 0.0385. The largest absolute Gasteiger partial charge is 0.459 e. The normalized spacial score (nSPS) is 18.7. The highest BCUT2D eigenvalue weighted by Crippen LogP contribution is 2.35. The van der Waals surface area contributed by atoms with Gasteiger partial charge in [0.15, 0.2) is 10.8 Å². The average molecular weight is 320 g/mol. The quantitative estimate of drug-likeness (QED) is 0.912. The van der Waals surface area contributed by atoms with Gasteiger partial charge < -0.3 is 9.52 Å². The number of hydrogen-bond acceptors (Lipinski definition) is 5. The van der Waals surface area contributed by atoms with E-state index in [1.165, 1.54) is 4.88 Å². The van der Waals surface area contributed by atoms with Crippen LogP contribution in [-0.4, -0.2) is 34.7 Å². The van der Waals surface area contributed by atoms with Crippen molar-refractivity contribution in [1.82, 2.24) is 9.88 Å². The fourth-order valence-corrected chi connectivity index (χ4v) is 3.99. The summed E-state index contributed by atoms with van der Waals surface area (Å²) in [6.07, 6.45) is 5.21. The van der Waals surface area contributed by atoms with E-state index in [1.54, 1.807) is 11.3 Å². The lowest BCUT2D eigenvalue weighted by Gasteiger charge is -2.40. The van der Waals surface area contributed by atoms with Crippen molar-refractivity contribution in [2.45, 2.75) is 39.7 Å². The first-order chi connectivity index (χ1) is 10.6. The predicted molar refractivity (Wildman–Crippen MR) is 88.9 cm³/mol. The summed E-state index contributed by atoms with van der Waals surface area (Å²) in [4.78, 5) is 8.23. The highest BCUT2D eigenvalue weighted by molar-refractivity contribution is 7.14. The molecule has 0 aromatic carbocycles. The Morgan fingerprint density at radius 2 is 2.14 bits per heavy atom. The van der Waals surface area contributed by atoms with Crippen molar-refractivity contribution in [3.05, 3.63) is 29.0 Å². The Morgan fingerprint density at radius 1 is 1.36 bits per heavy atom. The third-order valence-electron chi connectivity index (χ3n) is 4.89. The number of aromatic nitrogens is 1. The van der Waals surface area contributed by atoms with Crippen LogP contribution in [0.25, 0.3) is 10.8 Å². The molecule has 1 N–H and O–H groups in total. The highest BCUT2D eigenvalue weighted by atomic mass is 32.1. The fourth-order valence-electron chi connectivity index (χ4n) is 3.07. The van der Waals surface area contributed by atoms with Gasteiger partial charge in [-0.15, -0.1) is 11.3 Å². The molecule has 0 spiro atoms. The molecule has 1 fully saturated rings. The summed E-state index contributed by atoms with van der Waals surface area (Å²) in [7, 11) is 0. The number of nitrogens with zero attached hydrogens (tertiary/aromatic N) is 2. The second-order valence-corrected chi connectivity index (χ2v) is 7.45. The SMILES string of the molecule is CCC1(CO)CCN(Cc2cnc(-c3ccc(C)o3)s2)CC1. The van der Waals surface area contributed by atoms with Gasteiger partial charge in [-0.1, -0.05) is 6.92 Å². The standard InChI is InChI=1S/C17H24N2O2S/c1-3-17(12-20)6-8-19(9-7-17)11-14-10-18-16(22-14)15-5-4-13(2)21-15/h4-5,10,20H,3,6-9,11-12H2,1-2H3. The topological polar surface area (TPSA) is 49.5 Å². The first-order valence-electron chi connectivity index (χ1n) is 7.99. The van der Waals surface area contributed by atoms with Crippen molar-refractivity contribution < 1.29 is 9.52 Å². The molecule has 2 aromatic heterocycles. The number of aryl methyl sites for hydroxylation is 1. The zero-order chi connectivity index (χ0) is 15.6. The second kappa shape index (κ2) is 6.52. The van der Waals surface area contributed by atoms with Crippen LogP contribution in [0.2, 0.25) is 0 Å². The van der Waals surface area contributed by atoms with Crippen molar-refractivity contribution in [3.8, 4) is 10.8 Å². The maximum Gasteiger partial charge on any atom is 0.162 e. The van der Waals surface area contributed by atoms with Crippen molar-refractivity contribution >= 4 is 11.3 Å². The van der Waals surface area contributed by atoms with Gasteiger partial charge in [-0.05, 0) is 56.8 Å².